The molecule has 0 amide bonds. The molecule has 4 rings (SSSR count). The Morgan fingerprint density at radius 3 is 2.82 bits per heavy atom. The Bertz CT molecular complexity index is 1020. The van der Waals surface area contributed by atoms with Crippen molar-refractivity contribution in [2.24, 2.45) is 5.41 Å². The summed E-state index contributed by atoms with van der Waals surface area (Å²) >= 11 is 0. The van der Waals surface area contributed by atoms with Gasteiger partial charge in [0.05, 0.1) is 18.8 Å². The highest BCUT2D eigenvalue weighted by atomic mass is 16.5. The van der Waals surface area contributed by atoms with Crippen LogP contribution in [0.2, 0.25) is 0 Å². The Morgan fingerprint density at radius 1 is 1.32 bits per heavy atom. The zero-order valence-corrected chi connectivity index (χ0v) is 16.2. The summed E-state index contributed by atoms with van der Waals surface area (Å²) in [5.41, 5.74) is 1.76. The van der Waals surface area contributed by atoms with E-state index >= 15 is 0 Å². The summed E-state index contributed by atoms with van der Waals surface area (Å²) in [6, 6.07) is 9.78. The van der Waals surface area contributed by atoms with E-state index in [1.54, 1.807) is 10.6 Å². The Balaban J connectivity index is 1.77. The largest absolute Gasteiger partial charge is 0.468 e. The van der Waals surface area contributed by atoms with Crippen LogP contribution < -0.4 is 5.56 Å². The molecule has 0 N–H and O–H groups in total. The maximum absolute atomic E-state index is 13.3. The Labute approximate surface area is 164 Å². The molecule has 28 heavy (non-hydrogen) atoms. The van der Waals surface area contributed by atoms with Crippen molar-refractivity contribution in [3.63, 3.8) is 0 Å². The van der Waals surface area contributed by atoms with Gasteiger partial charge in [0.1, 0.15) is 11.2 Å². The summed E-state index contributed by atoms with van der Waals surface area (Å²) in [6.45, 7) is 2.11. The van der Waals surface area contributed by atoms with Crippen LogP contribution in [0.5, 0.6) is 0 Å². The number of methoxy groups -OCH3 is 1. The molecule has 2 aliphatic rings. The number of carbonyl (C=O) groups excluding carboxylic acids is 1. The van der Waals surface area contributed by atoms with Gasteiger partial charge in [0.2, 0.25) is 0 Å². The average Bonchev–Trinajstić information content (AvgIpc) is 3.47. The fraction of sp³-hybridized carbons (Fsp3) is 0.348. The molecule has 1 aromatic heterocycles. The van der Waals surface area contributed by atoms with E-state index in [1.807, 2.05) is 48.6 Å². The number of fused-ring (bicyclic) bond motifs is 3. The molecule has 1 saturated carbocycles. The minimum Gasteiger partial charge on any atom is -0.468 e. The average molecular weight is 376 g/mol. The van der Waals surface area contributed by atoms with E-state index < -0.39 is 5.41 Å². The van der Waals surface area contributed by atoms with E-state index in [4.69, 9.17) is 9.72 Å². The van der Waals surface area contributed by atoms with E-state index in [-0.39, 0.29) is 17.6 Å². The van der Waals surface area contributed by atoms with Gasteiger partial charge in [-0.05, 0) is 37.0 Å². The van der Waals surface area contributed by atoms with E-state index in [2.05, 4.69) is 6.92 Å². The smallest absolute Gasteiger partial charge is 0.317 e. The normalized spacial score (nSPS) is 22.0. The van der Waals surface area contributed by atoms with Crippen molar-refractivity contribution in [3.05, 3.63) is 69.4 Å². The van der Waals surface area contributed by atoms with E-state index in [0.29, 0.717) is 24.4 Å². The zero-order chi connectivity index (χ0) is 19.7. The first-order valence-corrected chi connectivity index (χ1v) is 9.77. The van der Waals surface area contributed by atoms with Crippen LogP contribution in [0, 0.1) is 5.41 Å². The van der Waals surface area contributed by atoms with Crippen LogP contribution in [-0.2, 0) is 16.0 Å². The van der Waals surface area contributed by atoms with Crippen LogP contribution in [0.1, 0.15) is 54.9 Å². The Hall–Kier alpha value is -2.95. The molecule has 1 aliphatic carbocycles. The van der Waals surface area contributed by atoms with Crippen molar-refractivity contribution in [1.29, 1.82) is 0 Å². The summed E-state index contributed by atoms with van der Waals surface area (Å²) in [4.78, 5) is 30.3. The van der Waals surface area contributed by atoms with Crippen LogP contribution in [0.25, 0.3) is 18.2 Å². The number of nitrogens with zero attached hydrogens (tertiary/aromatic N) is 2. The number of benzene rings is 1. The van der Waals surface area contributed by atoms with E-state index in [9.17, 15) is 9.59 Å². The summed E-state index contributed by atoms with van der Waals surface area (Å²) in [5.74, 6) is 0.328. The summed E-state index contributed by atoms with van der Waals surface area (Å²) in [7, 11) is 1.39. The molecule has 2 aromatic rings. The fourth-order valence-corrected chi connectivity index (χ4v) is 3.95. The molecule has 2 atom stereocenters. The number of rotatable bonds is 6. The van der Waals surface area contributed by atoms with Gasteiger partial charge in [-0.2, -0.15) is 0 Å². The van der Waals surface area contributed by atoms with Gasteiger partial charge < -0.3 is 4.74 Å². The van der Waals surface area contributed by atoms with Crippen LogP contribution in [0.15, 0.2) is 41.2 Å². The minimum atomic E-state index is -0.698. The number of esters is 1. The van der Waals surface area contributed by atoms with Crippen molar-refractivity contribution in [3.8, 4) is 0 Å². The molecule has 0 bridgehead atoms. The van der Waals surface area contributed by atoms with E-state index in [0.717, 1.165) is 24.0 Å². The monoisotopic (exact) mass is 376 g/mol. The fourth-order valence-electron chi connectivity index (χ4n) is 3.95. The van der Waals surface area contributed by atoms with Gasteiger partial charge in [0, 0.05) is 5.56 Å². The molecule has 0 radical (unpaired) electrons. The lowest BCUT2D eigenvalue weighted by Gasteiger charge is -2.20. The highest BCUT2D eigenvalue weighted by Crippen LogP contribution is 2.60. The number of aromatic nitrogens is 2. The Kier molecular flexibility index (Phi) is 4.75. The molecule has 5 heteroatoms. The van der Waals surface area contributed by atoms with Crippen LogP contribution in [0.4, 0.5) is 0 Å². The maximum Gasteiger partial charge on any atom is 0.317 e. The second kappa shape index (κ2) is 7.23. The molecule has 1 fully saturated rings. The first kappa shape index (κ1) is 18.4. The van der Waals surface area contributed by atoms with Crippen LogP contribution in [0.3, 0.4) is 0 Å². The molecule has 0 spiro atoms. The topological polar surface area (TPSA) is 61.2 Å². The third-order valence-electron chi connectivity index (χ3n) is 5.65. The summed E-state index contributed by atoms with van der Waals surface area (Å²) in [6.07, 6.45) is 10.7. The molecule has 0 saturated heterocycles. The predicted molar refractivity (Wildman–Crippen MR) is 110 cm³/mol. The molecule has 1 aliphatic heterocycles. The van der Waals surface area contributed by atoms with Crippen molar-refractivity contribution < 1.29 is 9.53 Å². The second-order valence-electron chi connectivity index (χ2n) is 7.44. The molecule has 2 unspecified atom stereocenters. The molecular weight excluding hydrogens is 352 g/mol. The molecule has 5 nitrogen and oxygen atoms in total. The van der Waals surface area contributed by atoms with E-state index in [1.165, 1.54) is 7.11 Å². The predicted octanol–water partition coefficient (Wildman–Crippen LogP) is 3.89. The number of hydrogen-bond donors (Lipinski definition) is 0. The van der Waals surface area contributed by atoms with Gasteiger partial charge in [0.25, 0.3) is 5.56 Å². The van der Waals surface area contributed by atoms with Gasteiger partial charge in [-0.15, -0.1) is 0 Å². The summed E-state index contributed by atoms with van der Waals surface area (Å²) < 4.78 is 6.65. The number of carbonyl (C=O) groups is 1. The standard InChI is InChI=1S/C23H24N2O3/c1-3-4-10-17-18(12-11-16-8-6-5-7-9-16)24-20-13-14-23(22(27)28-2)15-19(23)25(20)21(17)26/h5-9,11-14,19H,3-4,10,15H2,1-2H3/b12-11+. The SMILES string of the molecule is CCCCc1c(/C=C/c2ccccc2)nc2n(c1=O)C1CC1(C(=O)OC)C=C2. The first-order valence-electron chi connectivity index (χ1n) is 9.77. The lowest BCUT2D eigenvalue weighted by atomic mass is 10.0. The number of hydrogen-bond acceptors (Lipinski definition) is 4. The number of ether oxygens (including phenoxy) is 1. The van der Waals surface area contributed by atoms with Gasteiger partial charge in [0.15, 0.2) is 0 Å². The third kappa shape index (κ3) is 3.01. The lowest BCUT2D eigenvalue weighted by Crippen LogP contribution is -2.33. The van der Waals surface area contributed by atoms with Crippen LogP contribution >= 0.6 is 0 Å². The third-order valence-corrected chi connectivity index (χ3v) is 5.65. The second-order valence-corrected chi connectivity index (χ2v) is 7.44. The van der Waals surface area contributed by atoms with Crippen molar-refractivity contribution in [2.75, 3.05) is 7.11 Å². The number of unbranched alkanes of at least 4 members (excludes halogenated alkanes) is 1. The molecule has 1 aromatic carbocycles. The molecular formula is C23H24N2O3. The highest BCUT2D eigenvalue weighted by molar-refractivity contribution is 5.86. The van der Waals surface area contributed by atoms with Gasteiger partial charge in [-0.3, -0.25) is 14.2 Å². The van der Waals surface area contributed by atoms with Gasteiger partial charge in [-0.25, -0.2) is 4.98 Å². The molecule has 144 valence electrons. The zero-order valence-electron chi connectivity index (χ0n) is 16.2. The first-order chi connectivity index (χ1) is 13.6. The van der Waals surface area contributed by atoms with Crippen molar-refractivity contribution in [1.82, 2.24) is 9.55 Å². The minimum absolute atomic E-state index is 0.0358. The summed E-state index contributed by atoms with van der Waals surface area (Å²) in [5, 5.41) is 0. The van der Waals surface area contributed by atoms with Gasteiger partial charge in [-0.1, -0.05) is 55.8 Å². The van der Waals surface area contributed by atoms with Gasteiger partial charge >= 0.3 is 5.97 Å². The van der Waals surface area contributed by atoms with Crippen molar-refractivity contribution in [2.45, 2.75) is 38.6 Å². The quantitative estimate of drug-likeness (QED) is 0.718. The Morgan fingerprint density at radius 2 is 2.11 bits per heavy atom. The highest BCUT2D eigenvalue weighted by Gasteiger charge is 2.62. The van der Waals surface area contributed by atoms with Crippen LogP contribution in [-0.4, -0.2) is 22.6 Å². The molecule has 2 heterocycles. The van der Waals surface area contributed by atoms with Crippen molar-refractivity contribution >= 4 is 24.2 Å². The maximum atomic E-state index is 13.3. The lowest BCUT2D eigenvalue weighted by molar-refractivity contribution is -0.145.